The molecule has 0 saturated carbocycles. The summed E-state index contributed by atoms with van der Waals surface area (Å²) in [5, 5.41) is 2.02. The number of ether oxygens (including phenoxy) is 1. The first-order valence-electron chi connectivity index (χ1n) is 12.6. The van der Waals surface area contributed by atoms with Crippen molar-refractivity contribution < 1.29 is 14.3 Å². The predicted octanol–water partition coefficient (Wildman–Crippen LogP) is 4.06. The summed E-state index contributed by atoms with van der Waals surface area (Å²) in [4.78, 5) is 33.5. The highest BCUT2D eigenvalue weighted by atomic mass is 16.5. The molecule has 2 fully saturated rings. The number of anilines is 1. The molecule has 0 radical (unpaired) electrons. The van der Waals surface area contributed by atoms with Crippen molar-refractivity contribution in [3.8, 4) is 0 Å². The third-order valence-corrected chi connectivity index (χ3v) is 7.16. The Bertz CT molecular complexity index is 1150. The smallest absolute Gasteiger partial charge is 0.254 e. The molecule has 3 aromatic rings. The maximum absolute atomic E-state index is 13.8. The molecule has 2 amide bonds. The summed E-state index contributed by atoms with van der Waals surface area (Å²) in [6, 6.07) is 23.8. The number of morpholine rings is 1. The number of nitrogens with zero attached hydrogens (tertiary/aromatic N) is 3. The van der Waals surface area contributed by atoms with Gasteiger partial charge in [-0.25, -0.2) is 0 Å². The van der Waals surface area contributed by atoms with Crippen LogP contribution in [0.4, 0.5) is 5.69 Å². The van der Waals surface area contributed by atoms with Crippen LogP contribution in [0.25, 0.3) is 10.8 Å². The minimum atomic E-state index is -0.201. The fraction of sp³-hybridized carbons (Fsp3) is 0.379. The Kier molecular flexibility index (Phi) is 7.40. The standard InChI is InChI=1S/C29H33N3O3/c33-28(32(25-11-2-1-3-12-25)17-16-30-18-20-35-21-19-30)24-10-7-15-31(22-24)29(34)27-14-6-9-23-8-4-5-13-26(23)27/h1-6,8-9,11-14,24H,7,10,15-22H2. The maximum Gasteiger partial charge on any atom is 0.254 e. The molecule has 1 unspecified atom stereocenters. The van der Waals surface area contributed by atoms with E-state index in [-0.39, 0.29) is 17.7 Å². The zero-order chi connectivity index (χ0) is 24.0. The molecule has 6 heteroatoms. The van der Waals surface area contributed by atoms with E-state index in [1.54, 1.807) is 0 Å². The van der Waals surface area contributed by atoms with Crippen LogP contribution in [0.2, 0.25) is 0 Å². The lowest BCUT2D eigenvalue weighted by Gasteiger charge is -2.36. The van der Waals surface area contributed by atoms with E-state index in [0.717, 1.165) is 62.1 Å². The van der Waals surface area contributed by atoms with Gasteiger partial charge in [-0.2, -0.15) is 0 Å². The van der Waals surface area contributed by atoms with Gasteiger partial charge in [-0.3, -0.25) is 14.5 Å². The van der Waals surface area contributed by atoms with Crippen molar-refractivity contribution in [3.05, 3.63) is 78.4 Å². The predicted molar refractivity (Wildman–Crippen MR) is 139 cm³/mol. The van der Waals surface area contributed by atoms with E-state index in [2.05, 4.69) is 4.90 Å². The molecule has 5 rings (SSSR count). The second kappa shape index (κ2) is 11.0. The van der Waals surface area contributed by atoms with Gasteiger partial charge in [0.25, 0.3) is 5.91 Å². The lowest BCUT2D eigenvalue weighted by Crippen LogP contribution is -2.49. The molecule has 0 bridgehead atoms. The second-order valence-electron chi connectivity index (χ2n) is 9.40. The molecule has 0 spiro atoms. The van der Waals surface area contributed by atoms with Gasteiger partial charge in [0.05, 0.1) is 19.1 Å². The van der Waals surface area contributed by atoms with Crippen LogP contribution in [0.5, 0.6) is 0 Å². The molecule has 6 nitrogen and oxygen atoms in total. The van der Waals surface area contributed by atoms with Gasteiger partial charge < -0.3 is 14.5 Å². The summed E-state index contributed by atoms with van der Waals surface area (Å²) < 4.78 is 5.47. The van der Waals surface area contributed by atoms with Crippen LogP contribution in [0.15, 0.2) is 72.8 Å². The van der Waals surface area contributed by atoms with Crippen molar-refractivity contribution in [2.45, 2.75) is 12.8 Å². The number of para-hydroxylation sites is 1. The van der Waals surface area contributed by atoms with Crippen LogP contribution in [-0.2, 0) is 9.53 Å². The average molecular weight is 472 g/mol. The van der Waals surface area contributed by atoms with E-state index in [4.69, 9.17) is 4.74 Å². The van der Waals surface area contributed by atoms with Crippen molar-refractivity contribution in [2.24, 2.45) is 5.92 Å². The first-order chi connectivity index (χ1) is 17.2. The molecular weight excluding hydrogens is 438 g/mol. The molecule has 1 atom stereocenters. The van der Waals surface area contributed by atoms with Gasteiger partial charge in [0.2, 0.25) is 5.91 Å². The molecule has 3 aromatic carbocycles. The largest absolute Gasteiger partial charge is 0.379 e. The third-order valence-electron chi connectivity index (χ3n) is 7.16. The lowest BCUT2D eigenvalue weighted by molar-refractivity contribution is -0.123. The molecule has 2 aliphatic heterocycles. The Hall–Kier alpha value is -3.22. The summed E-state index contributed by atoms with van der Waals surface area (Å²) in [6.07, 6.45) is 1.64. The zero-order valence-electron chi connectivity index (χ0n) is 20.1. The monoisotopic (exact) mass is 471 g/mol. The molecule has 2 heterocycles. The van der Waals surface area contributed by atoms with E-state index >= 15 is 0 Å². The van der Waals surface area contributed by atoms with Crippen LogP contribution in [0, 0.1) is 5.92 Å². The highest BCUT2D eigenvalue weighted by molar-refractivity contribution is 6.07. The van der Waals surface area contributed by atoms with Crippen molar-refractivity contribution in [3.63, 3.8) is 0 Å². The van der Waals surface area contributed by atoms with Crippen LogP contribution in [0.3, 0.4) is 0 Å². The number of piperidine rings is 1. The number of likely N-dealkylation sites (tertiary alicyclic amines) is 1. The van der Waals surface area contributed by atoms with Gasteiger partial charge >= 0.3 is 0 Å². The quantitative estimate of drug-likeness (QED) is 0.544. The molecule has 35 heavy (non-hydrogen) atoms. The SMILES string of the molecule is O=C(c1cccc2ccccc12)N1CCCC(C(=O)N(CCN2CCOCC2)c2ccccc2)C1. The van der Waals surface area contributed by atoms with Crippen LogP contribution in [0.1, 0.15) is 23.2 Å². The summed E-state index contributed by atoms with van der Waals surface area (Å²) in [5.41, 5.74) is 1.63. The van der Waals surface area contributed by atoms with E-state index in [0.29, 0.717) is 25.2 Å². The number of amides is 2. The molecular formula is C29H33N3O3. The van der Waals surface area contributed by atoms with E-state index in [9.17, 15) is 9.59 Å². The van der Waals surface area contributed by atoms with Crippen LogP contribution in [-0.4, -0.2) is 74.1 Å². The van der Waals surface area contributed by atoms with E-state index in [1.807, 2.05) is 82.6 Å². The van der Waals surface area contributed by atoms with Gasteiger partial charge in [0.1, 0.15) is 0 Å². The van der Waals surface area contributed by atoms with Gasteiger partial charge in [0.15, 0.2) is 0 Å². The fourth-order valence-corrected chi connectivity index (χ4v) is 5.21. The van der Waals surface area contributed by atoms with Gasteiger partial charge in [-0.1, -0.05) is 54.6 Å². The van der Waals surface area contributed by atoms with Crippen molar-refractivity contribution >= 4 is 28.3 Å². The number of hydrogen-bond acceptors (Lipinski definition) is 4. The lowest BCUT2D eigenvalue weighted by atomic mass is 9.94. The minimum absolute atomic E-state index is 0.0128. The zero-order valence-corrected chi connectivity index (χ0v) is 20.1. The number of carbonyl (C=O) groups is 2. The second-order valence-corrected chi connectivity index (χ2v) is 9.40. The topological polar surface area (TPSA) is 53.1 Å². The van der Waals surface area contributed by atoms with E-state index < -0.39 is 0 Å². The molecule has 2 aliphatic rings. The summed E-state index contributed by atoms with van der Waals surface area (Å²) in [7, 11) is 0. The molecule has 0 aromatic heterocycles. The molecule has 0 N–H and O–H groups in total. The van der Waals surface area contributed by atoms with Gasteiger partial charge in [-0.05, 0) is 41.8 Å². The summed E-state index contributed by atoms with van der Waals surface area (Å²) in [5.74, 6) is -0.0775. The van der Waals surface area contributed by atoms with Crippen LogP contribution >= 0.6 is 0 Å². The van der Waals surface area contributed by atoms with Gasteiger partial charge in [-0.15, -0.1) is 0 Å². The van der Waals surface area contributed by atoms with E-state index in [1.165, 1.54) is 0 Å². The molecule has 2 saturated heterocycles. The fourth-order valence-electron chi connectivity index (χ4n) is 5.21. The van der Waals surface area contributed by atoms with Crippen molar-refractivity contribution in [2.75, 3.05) is 57.4 Å². The highest BCUT2D eigenvalue weighted by Crippen LogP contribution is 2.26. The van der Waals surface area contributed by atoms with Crippen LogP contribution < -0.4 is 4.90 Å². The highest BCUT2D eigenvalue weighted by Gasteiger charge is 2.32. The first kappa shape index (κ1) is 23.5. The van der Waals surface area contributed by atoms with Crippen molar-refractivity contribution in [1.29, 1.82) is 0 Å². The number of benzene rings is 3. The number of carbonyl (C=O) groups excluding carboxylic acids is 2. The minimum Gasteiger partial charge on any atom is -0.379 e. The Morgan fingerprint density at radius 1 is 0.886 bits per heavy atom. The van der Waals surface area contributed by atoms with Gasteiger partial charge in [0, 0.05) is 50.5 Å². The Morgan fingerprint density at radius 3 is 2.46 bits per heavy atom. The number of hydrogen-bond donors (Lipinski definition) is 0. The Morgan fingerprint density at radius 2 is 1.63 bits per heavy atom. The Labute approximate surface area is 207 Å². The average Bonchev–Trinajstić information content (AvgIpc) is 2.93. The summed E-state index contributed by atoms with van der Waals surface area (Å²) >= 11 is 0. The molecule has 0 aliphatic carbocycles. The first-order valence-corrected chi connectivity index (χ1v) is 12.6. The number of fused-ring (bicyclic) bond motifs is 1. The van der Waals surface area contributed by atoms with Crippen molar-refractivity contribution in [1.82, 2.24) is 9.80 Å². The normalized spacial score (nSPS) is 19.0. The number of rotatable bonds is 6. The molecule has 182 valence electrons. The maximum atomic E-state index is 13.8. The Balaban J connectivity index is 1.32. The summed E-state index contributed by atoms with van der Waals surface area (Å²) in [6.45, 7) is 5.88. The third kappa shape index (κ3) is 5.39.